The molecule has 2 heterocycles. The Labute approximate surface area is 218 Å². The van der Waals surface area contributed by atoms with E-state index in [2.05, 4.69) is 21.0 Å². The van der Waals surface area contributed by atoms with Crippen LogP contribution in [0.3, 0.4) is 0 Å². The summed E-state index contributed by atoms with van der Waals surface area (Å²) < 4.78 is 24.0. The first-order valence-corrected chi connectivity index (χ1v) is 11.9. The van der Waals surface area contributed by atoms with Crippen LogP contribution in [0.15, 0.2) is 73.4 Å². The zero-order valence-electron chi connectivity index (χ0n) is 19.4. The second kappa shape index (κ2) is 9.67. The molecule has 0 fully saturated rings. The third-order valence-corrected chi connectivity index (χ3v) is 7.05. The van der Waals surface area contributed by atoms with Crippen LogP contribution in [0.4, 0.5) is 0 Å². The van der Waals surface area contributed by atoms with E-state index in [1.54, 1.807) is 37.4 Å². The monoisotopic (exact) mass is 567 g/mol. The van der Waals surface area contributed by atoms with Gasteiger partial charge in [-0.25, -0.2) is 4.98 Å². The lowest BCUT2D eigenvalue weighted by Gasteiger charge is -2.12. The van der Waals surface area contributed by atoms with E-state index in [4.69, 9.17) is 35.2 Å². The van der Waals surface area contributed by atoms with Crippen LogP contribution in [-0.4, -0.2) is 37.2 Å². The Morgan fingerprint density at radius 3 is 2.53 bits per heavy atom. The molecule has 2 aromatic heterocycles. The Morgan fingerprint density at radius 1 is 1.00 bits per heavy atom. The highest BCUT2D eigenvalue weighted by Crippen LogP contribution is 2.42. The fourth-order valence-electron chi connectivity index (χ4n) is 3.87. The largest absolute Gasteiger partial charge is 0.496 e. The molecule has 10 heteroatoms. The number of hydrogen-bond acceptors (Lipinski definition) is 7. The van der Waals surface area contributed by atoms with Crippen LogP contribution in [0.2, 0.25) is 5.02 Å². The number of rotatable bonds is 6. The Bertz CT molecular complexity index is 1710. The van der Waals surface area contributed by atoms with Gasteiger partial charge in [0.1, 0.15) is 16.4 Å². The fourth-order valence-corrected chi connectivity index (χ4v) is 4.55. The van der Waals surface area contributed by atoms with Crippen LogP contribution in [-0.2, 0) is 0 Å². The molecule has 0 unspecified atom stereocenters. The third kappa shape index (κ3) is 4.00. The van der Waals surface area contributed by atoms with Gasteiger partial charge in [-0.15, -0.1) is 0 Å². The lowest BCUT2D eigenvalue weighted by atomic mass is 10.2. The number of aromatic nitrogens is 2. The Hall–Kier alpha value is -3.82. The molecule has 0 aliphatic carbocycles. The molecular weight excluding hydrogens is 550 g/mol. The summed E-state index contributed by atoms with van der Waals surface area (Å²) in [5.41, 5.74) is 1.32. The van der Waals surface area contributed by atoms with E-state index in [1.807, 2.05) is 24.3 Å². The lowest BCUT2D eigenvalue weighted by Crippen LogP contribution is -2.20. The van der Waals surface area contributed by atoms with Crippen molar-refractivity contribution in [2.75, 3.05) is 21.3 Å². The fraction of sp³-hybridized carbons (Fsp3) is 0.115. The van der Waals surface area contributed by atoms with Gasteiger partial charge in [0.05, 0.1) is 43.8 Å². The molecule has 0 saturated carbocycles. The summed E-state index contributed by atoms with van der Waals surface area (Å²) in [6, 6.07) is 16.0. The van der Waals surface area contributed by atoms with Crippen molar-refractivity contribution in [3.8, 4) is 28.8 Å². The summed E-state index contributed by atoms with van der Waals surface area (Å²) in [5.74, 6) is 2.03. The second-order valence-electron chi connectivity index (χ2n) is 7.63. The maximum Gasteiger partial charge on any atom is 0.282 e. The number of fused-ring (bicyclic) bond motifs is 2. The van der Waals surface area contributed by atoms with Crippen molar-refractivity contribution in [3.05, 3.63) is 80.0 Å². The van der Waals surface area contributed by atoms with Gasteiger partial charge in [-0.1, -0.05) is 29.8 Å². The summed E-state index contributed by atoms with van der Waals surface area (Å²) in [5, 5.41) is 5.97. The van der Waals surface area contributed by atoms with Gasteiger partial charge in [0.25, 0.3) is 5.56 Å². The summed E-state index contributed by atoms with van der Waals surface area (Å²) >= 11 is 9.93. The third-order valence-electron chi connectivity index (χ3n) is 5.61. The zero-order valence-corrected chi connectivity index (χ0v) is 21.8. The Balaban J connectivity index is 1.74. The number of hydrogen-bond donors (Lipinski definition) is 0. The summed E-state index contributed by atoms with van der Waals surface area (Å²) in [6.07, 6.45) is 1.49. The van der Waals surface area contributed by atoms with Crippen LogP contribution >= 0.6 is 27.5 Å². The molecule has 0 aliphatic heterocycles. The van der Waals surface area contributed by atoms with Crippen molar-refractivity contribution in [1.29, 1.82) is 0 Å². The molecule has 8 nitrogen and oxygen atoms in total. The highest BCUT2D eigenvalue weighted by Gasteiger charge is 2.19. The maximum absolute atomic E-state index is 13.5. The van der Waals surface area contributed by atoms with Crippen LogP contribution in [0.1, 0.15) is 5.56 Å². The molecule has 3 aromatic carbocycles. The van der Waals surface area contributed by atoms with Crippen LogP contribution < -0.4 is 19.8 Å². The minimum atomic E-state index is -0.359. The van der Waals surface area contributed by atoms with Gasteiger partial charge >= 0.3 is 0 Å². The molecule has 5 rings (SSSR count). The predicted octanol–water partition coefficient (Wildman–Crippen LogP) is 6.13. The number of nitrogens with zero attached hydrogens (tertiary/aromatic N) is 3. The number of halogens is 2. The van der Waals surface area contributed by atoms with Crippen LogP contribution in [0.25, 0.3) is 33.5 Å². The number of furan rings is 1. The minimum Gasteiger partial charge on any atom is -0.496 e. The molecule has 0 bridgehead atoms. The molecule has 0 atom stereocenters. The maximum atomic E-state index is 13.5. The SMILES string of the molecule is COc1cc(C=Nn2c(-c3cc4c(OC)cccc4o3)nc3ccccc3c2=O)c(Br)c(Cl)c1OC. The number of para-hydroxylation sites is 1. The van der Waals surface area contributed by atoms with Gasteiger partial charge in [0.2, 0.25) is 5.82 Å². The molecule has 0 N–H and O–H groups in total. The highest BCUT2D eigenvalue weighted by atomic mass is 79.9. The normalized spacial score (nSPS) is 11.5. The van der Waals surface area contributed by atoms with Crippen molar-refractivity contribution >= 4 is 55.6 Å². The predicted molar refractivity (Wildman–Crippen MR) is 143 cm³/mol. The Morgan fingerprint density at radius 2 is 1.78 bits per heavy atom. The van der Waals surface area contributed by atoms with Crippen LogP contribution in [0.5, 0.6) is 17.2 Å². The number of benzene rings is 3. The first kappa shape index (κ1) is 23.9. The molecule has 0 amide bonds. The van der Waals surface area contributed by atoms with Crippen molar-refractivity contribution in [3.63, 3.8) is 0 Å². The lowest BCUT2D eigenvalue weighted by molar-refractivity contribution is 0.355. The van der Waals surface area contributed by atoms with Gasteiger partial charge < -0.3 is 18.6 Å². The average molecular weight is 569 g/mol. The topological polar surface area (TPSA) is 88.1 Å². The van der Waals surface area contributed by atoms with Gasteiger partial charge in [0.15, 0.2) is 17.3 Å². The first-order chi connectivity index (χ1) is 17.5. The van der Waals surface area contributed by atoms with E-state index >= 15 is 0 Å². The summed E-state index contributed by atoms with van der Waals surface area (Å²) in [6.45, 7) is 0. The van der Waals surface area contributed by atoms with Crippen molar-refractivity contribution in [2.24, 2.45) is 5.10 Å². The molecule has 0 radical (unpaired) electrons. The Kier molecular flexibility index (Phi) is 6.42. The first-order valence-electron chi connectivity index (χ1n) is 10.7. The van der Waals surface area contributed by atoms with Gasteiger partial charge in [-0.3, -0.25) is 4.79 Å². The smallest absolute Gasteiger partial charge is 0.282 e. The molecule has 0 aliphatic rings. The van der Waals surface area contributed by atoms with E-state index in [0.29, 0.717) is 54.6 Å². The van der Waals surface area contributed by atoms with E-state index in [1.165, 1.54) is 25.1 Å². The van der Waals surface area contributed by atoms with E-state index in [-0.39, 0.29) is 11.4 Å². The van der Waals surface area contributed by atoms with Gasteiger partial charge in [-0.05, 0) is 52.3 Å². The van der Waals surface area contributed by atoms with E-state index < -0.39 is 0 Å². The minimum absolute atomic E-state index is 0.232. The van der Waals surface area contributed by atoms with E-state index in [9.17, 15) is 4.79 Å². The average Bonchev–Trinajstić information content (AvgIpc) is 3.34. The highest BCUT2D eigenvalue weighted by molar-refractivity contribution is 9.10. The van der Waals surface area contributed by atoms with E-state index in [0.717, 1.165) is 5.39 Å². The standard InChI is InChI=1S/C26H19BrClN3O5/c1-33-18-9-6-10-19-16(18)12-21(36-19)25-30-17-8-5-4-7-15(17)26(32)31(25)29-13-14-11-20(34-2)24(35-3)23(28)22(14)27/h4-13H,1-3H3. The summed E-state index contributed by atoms with van der Waals surface area (Å²) in [4.78, 5) is 18.2. The summed E-state index contributed by atoms with van der Waals surface area (Å²) in [7, 11) is 4.59. The van der Waals surface area contributed by atoms with Gasteiger partial charge in [-0.2, -0.15) is 9.78 Å². The van der Waals surface area contributed by atoms with Gasteiger partial charge in [0, 0.05) is 10.0 Å². The van der Waals surface area contributed by atoms with Crippen molar-refractivity contribution < 1.29 is 18.6 Å². The van der Waals surface area contributed by atoms with Crippen molar-refractivity contribution in [1.82, 2.24) is 9.66 Å². The van der Waals surface area contributed by atoms with Crippen molar-refractivity contribution in [2.45, 2.75) is 0 Å². The quantitative estimate of drug-likeness (QED) is 0.229. The molecule has 0 spiro atoms. The number of methoxy groups -OCH3 is 3. The number of ether oxygens (including phenoxy) is 3. The molecule has 5 aromatic rings. The van der Waals surface area contributed by atoms with Crippen LogP contribution in [0, 0.1) is 0 Å². The molecule has 0 saturated heterocycles. The molecule has 36 heavy (non-hydrogen) atoms. The zero-order chi connectivity index (χ0) is 25.4. The molecule has 182 valence electrons. The second-order valence-corrected chi connectivity index (χ2v) is 8.80. The molecular formula is C26H19BrClN3O5.